The van der Waals surface area contributed by atoms with Gasteiger partial charge in [0.25, 0.3) is 5.91 Å². The van der Waals surface area contributed by atoms with E-state index in [2.05, 4.69) is 16.1 Å². The molecule has 7 nitrogen and oxygen atoms in total. The van der Waals surface area contributed by atoms with E-state index in [1.807, 2.05) is 19.9 Å². The molecule has 0 unspecified atom stereocenters. The van der Waals surface area contributed by atoms with E-state index >= 15 is 0 Å². The van der Waals surface area contributed by atoms with Gasteiger partial charge in [-0.05, 0) is 85.6 Å². The van der Waals surface area contributed by atoms with Gasteiger partial charge in [-0.15, -0.1) is 0 Å². The van der Waals surface area contributed by atoms with E-state index in [0.29, 0.717) is 32.3 Å². The van der Waals surface area contributed by atoms with Gasteiger partial charge in [0.05, 0.1) is 5.52 Å². The second-order valence-corrected chi connectivity index (χ2v) is 8.67. The summed E-state index contributed by atoms with van der Waals surface area (Å²) in [6.45, 7) is 3.79. The Bertz CT molecular complexity index is 1410. The summed E-state index contributed by atoms with van der Waals surface area (Å²) in [5.74, 6) is -2.30. The third-order valence-corrected chi connectivity index (χ3v) is 5.48. The number of carbonyl (C=O) groups excluding carboxylic acids is 3. The van der Waals surface area contributed by atoms with Crippen molar-refractivity contribution in [2.45, 2.75) is 13.8 Å². The van der Waals surface area contributed by atoms with Gasteiger partial charge in [-0.1, -0.05) is 29.3 Å². The van der Waals surface area contributed by atoms with Crippen LogP contribution in [0.25, 0.3) is 10.9 Å². The fourth-order valence-corrected chi connectivity index (χ4v) is 3.90. The lowest BCUT2D eigenvalue weighted by Crippen LogP contribution is -2.36. The Morgan fingerprint density at radius 1 is 0.706 bits per heavy atom. The Hall–Kier alpha value is -3.81. The van der Waals surface area contributed by atoms with Crippen LogP contribution in [0.15, 0.2) is 66.7 Å². The molecule has 0 aliphatic heterocycles. The number of aromatic nitrogens is 1. The summed E-state index contributed by atoms with van der Waals surface area (Å²) in [5, 5.41) is 6.95. The van der Waals surface area contributed by atoms with Crippen molar-refractivity contribution in [1.82, 2.24) is 4.68 Å². The number of benzene rings is 3. The highest BCUT2D eigenvalue weighted by Crippen LogP contribution is 2.24. The Morgan fingerprint density at radius 2 is 1.35 bits per heavy atom. The van der Waals surface area contributed by atoms with E-state index in [1.165, 1.54) is 4.68 Å². The van der Waals surface area contributed by atoms with Crippen molar-refractivity contribution < 1.29 is 14.4 Å². The molecule has 4 rings (SSSR count). The van der Waals surface area contributed by atoms with Crippen LogP contribution in [0.4, 0.5) is 11.4 Å². The van der Waals surface area contributed by atoms with E-state index in [4.69, 9.17) is 23.2 Å². The topological polar surface area (TPSA) is 92.2 Å². The van der Waals surface area contributed by atoms with E-state index in [0.717, 1.165) is 11.1 Å². The minimum Gasteiger partial charge on any atom is -0.321 e. The van der Waals surface area contributed by atoms with Crippen molar-refractivity contribution in [3.63, 3.8) is 0 Å². The standard InChI is InChI=1S/C25H20Cl2N4O3/c1-14-9-15(2)11-20(10-14)29-24(33)25(34)30-31-21-8-5-18(27)12-16(21)13-22(31)23(32)28-19-6-3-17(26)4-7-19/h3-13H,1-2H3,(H,28,32)(H,29,33)(H,30,34). The largest absolute Gasteiger partial charge is 0.328 e. The monoisotopic (exact) mass is 494 g/mol. The average molecular weight is 495 g/mol. The lowest BCUT2D eigenvalue weighted by atomic mass is 10.1. The van der Waals surface area contributed by atoms with Gasteiger partial charge in [0.2, 0.25) is 0 Å². The first-order valence-electron chi connectivity index (χ1n) is 10.3. The number of nitrogens with zero attached hydrogens (tertiary/aromatic N) is 1. The molecule has 0 aliphatic rings. The van der Waals surface area contributed by atoms with Crippen molar-refractivity contribution >= 4 is 63.2 Å². The molecule has 172 valence electrons. The van der Waals surface area contributed by atoms with E-state index in [9.17, 15) is 14.4 Å². The smallest absolute Gasteiger partial charge is 0.321 e. The number of amides is 3. The van der Waals surface area contributed by atoms with Gasteiger partial charge in [0.15, 0.2) is 0 Å². The molecule has 0 atom stereocenters. The molecule has 0 aliphatic carbocycles. The van der Waals surface area contributed by atoms with Crippen LogP contribution >= 0.6 is 23.2 Å². The molecule has 0 spiro atoms. The number of fused-ring (bicyclic) bond motifs is 1. The average Bonchev–Trinajstić information content (AvgIpc) is 3.12. The SMILES string of the molecule is Cc1cc(C)cc(NC(=O)C(=O)Nn2c(C(=O)Nc3ccc(Cl)cc3)cc3cc(Cl)ccc32)c1. The molecule has 3 amide bonds. The fourth-order valence-electron chi connectivity index (χ4n) is 3.59. The number of aryl methyl sites for hydroxylation is 2. The van der Waals surface area contributed by atoms with Crippen LogP contribution in [0, 0.1) is 13.8 Å². The zero-order chi connectivity index (χ0) is 24.4. The first kappa shape index (κ1) is 23.4. The molecule has 34 heavy (non-hydrogen) atoms. The summed E-state index contributed by atoms with van der Waals surface area (Å²) in [4.78, 5) is 38.4. The minimum absolute atomic E-state index is 0.111. The molecule has 0 bridgehead atoms. The third-order valence-electron chi connectivity index (χ3n) is 5.00. The van der Waals surface area contributed by atoms with Gasteiger partial charge >= 0.3 is 11.8 Å². The lowest BCUT2D eigenvalue weighted by Gasteiger charge is -2.13. The van der Waals surface area contributed by atoms with E-state index in [1.54, 1.807) is 60.7 Å². The molecule has 0 saturated carbocycles. The summed E-state index contributed by atoms with van der Waals surface area (Å²) in [6.07, 6.45) is 0. The molecule has 0 fully saturated rings. The highest BCUT2D eigenvalue weighted by Gasteiger charge is 2.21. The number of rotatable bonds is 4. The number of halogens is 2. The summed E-state index contributed by atoms with van der Waals surface area (Å²) in [5.41, 5.74) is 6.05. The molecular formula is C25H20Cl2N4O3. The van der Waals surface area contributed by atoms with Crippen molar-refractivity contribution in [1.29, 1.82) is 0 Å². The van der Waals surface area contributed by atoms with Gasteiger partial charge in [0, 0.05) is 26.8 Å². The van der Waals surface area contributed by atoms with Crippen molar-refractivity contribution in [3.8, 4) is 0 Å². The van der Waals surface area contributed by atoms with Gasteiger partial charge < -0.3 is 10.6 Å². The molecule has 0 radical (unpaired) electrons. The van der Waals surface area contributed by atoms with Crippen molar-refractivity contribution in [3.05, 3.63) is 93.6 Å². The van der Waals surface area contributed by atoms with E-state index < -0.39 is 17.7 Å². The Morgan fingerprint density at radius 3 is 2.03 bits per heavy atom. The first-order chi connectivity index (χ1) is 16.2. The second-order valence-electron chi connectivity index (χ2n) is 7.80. The van der Waals surface area contributed by atoms with Gasteiger partial charge in [-0.3, -0.25) is 19.8 Å². The quantitative estimate of drug-likeness (QED) is 0.326. The summed E-state index contributed by atoms with van der Waals surface area (Å²) >= 11 is 12.0. The maximum Gasteiger partial charge on any atom is 0.328 e. The zero-order valence-electron chi connectivity index (χ0n) is 18.3. The third kappa shape index (κ3) is 5.22. The van der Waals surface area contributed by atoms with Crippen LogP contribution in [0.2, 0.25) is 10.0 Å². The molecule has 9 heteroatoms. The van der Waals surface area contributed by atoms with Crippen LogP contribution in [-0.2, 0) is 9.59 Å². The number of hydrogen-bond donors (Lipinski definition) is 3. The summed E-state index contributed by atoms with van der Waals surface area (Å²) in [7, 11) is 0. The molecule has 3 aromatic carbocycles. The Labute approximate surface area is 205 Å². The van der Waals surface area contributed by atoms with Gasteiger partial charge in [0.1, 0.15) is 5.69 Å². The molecule has 1 heterocycles. The van der Waals surface area contributed by atoms with Crippen LogP contribution in [0.5, 0.6) is 0 Å². The maximum absolute atomic E-state index is 13.0. The fraction of sp³-hybridized carbons (Fsp3) is 0.0800. The highest BCUT2D eigenvalue weighted by atomic mass is 35.5. The first-order valence-corrected chi connectivity index (χ1v) is 11.0. The highest BCUT2D eigenvalue weighted by molar-refractivity contribution is 6.42. The predicted molar refractivity (Wildman–Crippen MR) is 135 cm³/mol. The minimum atomic E-state index is -0.938. The Kier molecular flexibility index (Phi) is 6.58. The van der Waals surface area contributed by atoms with Gasteiger partial charge in [-0.25, -0.2) is 4.68 Å². The molecule has 1 aromatic heterocycles. The molecule has 3 N–H and O–H groups in total. The number of carbonyl (C=O) groups is 3. The molecular weight excluding hydrogens is 475 g/mol. The summed E-state index contributed by atoms with van der Waals surface area (Å²) < 4.78 is 1.26. The lowest BCUT2D eigenvalue weighted by molar-refractivity contribution is -0.133. The van der Waals surface area contributed by atoms with Crippen LogP contribution in [-0.4, -0.2) is 22.4 Å². The number of anilines is 2. The van der Waals surface area contributed by atoms with Crippen LogP contribution in [0.3, 0.4) is 0 Å². The Balaban J connectivity index is 1.62. The van der Waals surface area contributed by atoms with Crippen molar-refractivity contribution in [2.75, 3.05) is 16.1 Å². The second kappa shape index (κ2) is 9.59. The number of nitrogens with one attached hydrogen (secondary N) is 3. The van der Waals surface area contributed by atoms with Gasteiger partial charge in [-0.2, -0.15) is 0 Å². The van der Waals surface area contributed by atoms with E-state index in [-0.39, 0.29) is 5.69 Å². The number of hydrogen-bond acceptors (Lipinski definition) is 3. The van der Waals surface area contributed by atoms with Crippen LogP contribution < -0.4 is 16.1 Å². The molecule has 0 saturated heterocycles. The molecule has 4 aromatic rings. The normalized spacial score (nSPS) is 10.7. The summed E-state index contributed by atoms with van der Waals surface area (Å²) in [6, 6.07) is 18.6. The predicted octanol–water partition coefficient (Wildman–Crippen LogP) is 5.53. The zero-order valence-corrected chi connectivity index (χ0v) is 19.8. The van der Waals surface area contributed by atoms with Crippen molar-refractivity contribution in [2.24, 2.45) is 0 Å². The van der Waals surface area contributed by atoms with Crippen LogP contribution in [0.1, 0.15) is 21.6 Å². The maximum atomic E-state index is 13.0.